The fourth-order valence-electron chi connectivity index (χ4n) is 4.80. The van der Waals surface area contributed by atoms with Gasteiger partial charge in [-0.25, -0.2) is 0 Å². The number of fused-ring (bicyclic) bond motifs is 2. The summed E-state index contributed by atoms with van der Waals surface area (Å²) in [5, 5.41) is 6.38. The van der Waals surface area contributed by atoms with Crippen LogP contribution in [0.3, 0.4) is 0 Å². The lowest BCUT2D eigenvalue weighted by Crippen LogP contribution is -2.28. The Morgan fingerprint density at radius 2 is 1.67 bits per heavy atom. The molecule has 0 fully saturated rings. The highest BCUT2D eigenvalue weighted by Gasteiger charge is 2.28. The van der Waals surface area contributed by atoms with E-state index in [9.17, 15) is 0 Å². The molecule has 2 nitrogen and oxygen atoms in total. The van der Waals surface area contributed by atoms with Crippen molar-refractivity contribution in [3.8, 4) is 0 Å². The third-order valence-corrected chi connectivity index (χ3v) is 7.04. The lowest BCUT2D eigenvalue weighted by atomic mass is 9.77. The maximum atomic E-state index is 6.30. The van der Waals surface area contributed by atoms with E-state index >= 15 is 0 Å². The summed E-state index contributed by atoms with van der Waals surface area (Å²) in [7, 11) is 0. The van der Waals surface area contributed by atoms with Gasteiger partial charge in [0.15, 0.2) is 0 Å². The zero-order chi connectivity index (χ0) is 20.5. The average Bonchev–Trinajstić information content (AvgIpc) is 3.19. The van der Waals surface area contributed by atoms with Crippen molar-refractivity contribution in [3.05, 3.63) is 105 Å². The number of hydrogen-bond donors (Lipinski definition) is 2. The Morgan fingerprint density at radius 1 is 0.867 bits per heavy atom. The van der Waals surface area contributed by atoms with Gasteiger partial charge in [0.1, 0.15) is 0 Å². The molecule has 0 unspecified atom stereocenters. The van der Waals surface area contributed by atoms with Crippen LogP contribution in [0.5, 0.6) is 0 Å². The van der Waals surface area contributed by atoms with Gasteiger partial charge >= 0.3 is 0 Å². The minimum atomic E-state index is 0.364. The van der Waals surface area contributed by atoms with Crippen LogP contribution < -0.4 is 5.32 Å². The van der Waals surface area contributed by atoms with E-state index in [-0.39, 0.29) is 0 Å². The fraction of sp³-hybridized carbons (Fsp3) is 0.231. The molecule has 4 heteroatoms. The summed E-state index contributed by atoms with van der Waals surface area (Å²) in [4.78, 5) is 3.38. The van der Waals surface area contributed by atoms with Crippen LogP contribution in [-0.2, 0) is 6.42 Å². The molecule has 30 heavy (non-hydrogen) atoms. The molecule has 0 radical (unpaired) electrons. The minimum absolute atomic E-state index is 0.364. The number of halogens is 2. The van der Waals surface area contributed by atoms with Gasteiger partial charge < -0.3 is 10.3 Å². The van der Waals surface area contributed by atoms with Gasteiger partial charge in [-0.15, -0.1) is 0 Å². The minimum Gasteiger partial charge on any atom is -0.361 e. The number of nitrogens with one attached hydrogen (secondary N) is 2. The standard InChI is InChI=1S/C26H24Cl2N2/c27-23-11-9-17(15-24(23)28)19-10-12-26(22-7-2-1-6-21(19)22)29-14-13-18-16-30-25-8-4-3-5-20(18)25/h1-9,11,15-16,19,26,29-30H,10,12-14H2/t19-,26+/m0/s1. The van der Waals surface area contributed by atoms with Crippen molar-refractivity contribution in [2.24, 2.45) is 0 Å². The molecule has 0 amide bonds. The second-order valence-corrected chi connectivity index (χ2v) is 8.86. The number of aromatic nitrogens is 1. The summed E-state index contributed by atoms with van der Waals surface area (Å²) >= 11 is 12.4. The Hall–Kier alpha value is -2.26. The SMILES string of the molecule is Clc1ccc([C@@H]2CC[C@@H](NCCc3c[nH]c4ccccc34)c3ccccc32)cc1Cl. The maximum Gasteiger partial charge on any atom is 0.0595 e. The van der Waals surface area contributed by atoms with Crippen molar-refractivity contribution < 1.29 is 0 Å². The highest BCUT2D eigenvalue weighted by Crippen LogP contribution is 2.42. The van der Waals surface area contributed by atoms with Gasteiger partial charge in [-0.05, 0) is 66.3 Å². The molecule has 4 aromatic rings. The largest absolute Gasteiger partial charge is 0.361 e. The van der Waals surface area contributed by atoms with Crippen LogP contribution in [0.25, 0.3) is 10.9 Å². The number of rotatable bonds is 5. The number of hydrogen-bond acceptors (Lipinski definition) is 1. The van der Waals surface area contributed by atoms with Crippen LogP contribution in [0, 0.1) is 0 Å². The summed E-state index contributed by atoms with van der Waals surface area (Å²) < 4.78 is 0. The van der Waals surface area contributed by atoms with E-state index in [0.717, 1.165) is 25.8 Å². The Kier molecular flexibility index (Phi) is 5.56. The van der Waals surface area contributed by atoms with E-state index in [0.29, 0.717) is 22.0 Å². The van der Waals surface area contributed by atoms with Crippen molar-refractivity contribution in [1.82, 2.24) is 10.3 Å². The second kappa shape index (κ2) is 8.47. The van der Waals surface area contributed by atoms with Crippen LogP contribution in [0.1, 0.15) is 47.1 Å². The van der Waals surface area contributed by atoms with Gasteiger partial charge in [0, 0.05) is 29.1 Å². The predicted octanol–water partition coefficient (Wildman–Crippen LogP) is 7.27. The predicted molar refractivity (Wildman–Crippen MR) is 127 cm³/mol. The smallest absolute Gasteiger partial charge is 0.0595 e. The second-order valence-electron chi connectivity index (χ2n) is 8.05. The van der Waals surface area contributed by atoms with Gasteiger partial charge in [0.2, 0.25) is 0 Å². The molecule has 0 bridgehead atoms. The first-order valence-electron chi connectivity index (χ1n) is 10.5. The number of benzene rings is 3. The van der Waals surface area contributed by atoms with Crippen LogP contribution in [-0.4, -0.2) is 11.5 Å². The molecular weight excluding hydrogens is 411 g/mol. The van der Waals surface area contributed by atoms with E-state index < -0.39 is 0 Å². The quantitative estimate of drug-likeness (QED) is 0.339. The summed E-state index contributed by atoms with van der Waals surface area (Å²) in [6, 6.07) is 23.7. The van der Waals surface area contributed by atoms with Gasteiger partial charge in [-0.3, -0.25) is 0 Å². The van der Waals surface area contributed by atoms with Crippen molar-refractivity contribution in [3.63, 3.8) is 0 Å². The summed E-state index contributed by atoms with van der Waals surface area (Å²) in [6.45, 7) is 0.957. The topological polar surface area (TPSA) is 27.8 Å². The van der Waals surface area contributed by atoms with Crippen molar-refractivity contribution in [1.29, 1.82) is 0 Å². The molecule has 1 aliphatic carbocycles. The lowest BCUT2D eigenvalue weighted by Gasteiger charge is -2.32. The Bertz CT molecular complexity index is 1180. The van der Waals surface area contributed by atoms with E-state index in [1.54, 1.807) is 0 Å². The highest BCUT2D eigenvalue weighted by molar-refractivity contribution is 6.42. The molecule has 0 spiro atoms. The fourth-order valence-corrected chi connectivity index (χ4v) is 5.10. The van der Waals surface area contributed by atoms with Crippen LogP contribution in [0.4, 0.5) is 0 Å². The number of para-hydroxylation sites is 1. The van der Waals surface area contributed by atoms with Gasteiger partial charge in [-0.1, -0.05) is 71.7 Å². The van der Waals surface area contributed by atoms with Crippen LogP contribution in [0.2, 0.25) is 10.0 Å². The van der Waals surface area contributed by atoms with E-state index in [1.165, 1.54) is 33.2 Å². The van der Waals surface area contributed by atoms with Crippen molar-refractivity contribution >= 4 is 34.1 Å². The Labute approximate surface area is 187 Å². The van der Waals surface area contributed by atoms with Gasteiger partial charge in [0.25, 0.3) is 0 Å². The third kappa shape index (κ3) is 3.76. The normalized spacial score (nSPS) is 18.5. The molecule has 1 heterocycles. The Morgan fingerprint density at radius 3 is 2.53 bits per heavy atom. The molecular formula is C26H24Cl2N2. The Balaban J connectivity index is 1.33. The number of aromatic amines is 1. The monoisotopic (exact) mass is 434 g/mol. The first kappa shape index (κ1) is 19.7. The molecule has 1 aliphatic rings. The summed E-state index contributed by atoms with van der Waals surface area (Å²) in [6.07, 6.45) is 5.36. The molecule has 0 aliphatic heterocycles. The summed E-state index contributed by atoms with van der Waals surface area (Å²) in [5.74, 6) is 0.364. The molecule has 3 aromatic carbocycles. The van der Waals surface area contributed by atoms with E-state index in [2.05, 4.69) is 71.1 Å². The average molecular weight is 435 g/mol. The van der Waals surface area contributed by atoms with Gasteiger partial charge in [0.05, 0.1) is 10.0 Å². The zero-order valence-electron chi connectivity index (χ0n) is 16.7. The molecule has 0 saturated heterocycles. The molecule has 0 saturated carbocycles. The number of H-pyrrole nitrogens is 1. The van der Waals surface area contributed by atoms with E-state index in [1.807, 2.05) is 12.1 Å². The molecule has 152 valence electrons. The van der Waals surface area contributed by atoms with Crippen LogP contribution in [0.15, 0.2) is 72.9 Å². The van der Waals surface area contributed by atoms with Crippen LogP contribution >= 0.6 is 23.2 Å². The molecule has 5 rings (SSSR count). The van der Waals surface area contributed by atoms with Crippen molar-refractivity contribution in [2.45, 2.75) is 31.2 Å². The van der Waals surface area contributed by atoms with E-state index in [4.69, 9.17) is 23.2 Å². The first-order chi connectivity index (χ1) is 14.7. The molecule has 1 aromatic heterocycles. The third-order valence-electron chi connectivity index (χ3n) is 6.30. The lowest BCUT2D eigenvalue weighted by molar-refractivity contribution is 0.443. The van der Waals surface area contributed by atoms with Crippen molar-refractivity contribution in [2.75, 3.05) is 6.54 Å². The highest BCUT2D eigenvalue weighted by atomic mass is 35.5. The summed E-state index contributed by atoms with van der Waals surface area (Å²) in [5.41, 5.74) is 6.62. The van der Waals surface area contributed by atoms with Gasteiger partial charge in [-0.2, -0.15) is 0 Å². The molecule has 2 N–H and O–H groups in total. The zero-order valence-corrected chi connectivity index (χ0v) is 18.2. The molecule has 2 atom stereocenters. The first-order valence-corrected chi connectivity index (χ1v) is 11.3. The maximum absolute atomic E-state index is 6.30.